The van der Waals surface area contributed by atoms with Crippen molar-refractivity contribution in [2.45, 2.75) is 31.6 Å². The second-order valence-corrected chi connectivity index (χ2v) is 7.77. The van der Waals surface area contributed by atoms with Crippen LogP contribution in [-0.4, -0.2) is 36.8 Å². The number of nitrogens with zero attached hydrogens (tertiary/aromatic N) is 2. The molecule has 0 amide bonds. The van der Waals surface area contributed by atoms with Gasteiger partial charge in [0.1, 0.15) is 0 Å². The van der Waals surface area contributed by atoms with Gasteiger partial charge in [0.2, 0.25) is 10.0 Å². The van der Waals surface area contributed by atoms with E-state index in [0.717, 1.165) is 12.8 Å². The summed E-state index contributed by atoms with van der Waals surface area (Å²) in [5.74, 6) is 0.0387. The van der Waals surface area contributed by atoms with Gasteiger partial charge in [-0.25, -0.2) is 12.7 Å². The number of halogens is 1. The van der Waals surface area contributed by atoms with E-state index in [1.807, 2.05) is 6.92 Å². The predicted molar refractivity (Wildman–Crippen MR) is 90.9 cm³/mol. The highest BCUT2D eigenvalue weighted by atomic mass is 35.5. The summed E-state index contributed by atoms with van der Waals surface area (Å²) in [4.78, 5) is 10.1. The Morgan fingerprint density at radius 1 is 1.39 bits per heavy atom. The Morgan fingerprint density at radius 3 is 2.52 bits per heavy atom. The van der Waals surface area contributed by atoms with Crippen LogP contribution >= 0.6 is 12.4 Å². The molecular weight excluding hydrogens is 342 g/mol. The van der Waals surface area contributed by atoms with Crippen LogP contribution in [0.15, 0.2) is 24.3 Å². The highest BCUT2D eigenvalue weighted by molar-refractivity contribution is 7.88. The average Bonchev–Trinajstić information content (AvgIpc) is 2.47. The second kappa shape index (κ2) is 8.05. The number of sulfonamides is 1. The van der Waals surface area contributed by atoms with Gasteiger partial charge in [0.25, 0.3) is 5.69 Å². The first-order chi connectivity index (χ1) is 10.3. The van der Waals surface area contributed by atoms with E-state index in [4.69, 9.17) is 5.73 Å². The van der Waals surface area contributed by atoms with Gasteiger partial charge < -0.3 is 5.73 Å². The van der Waals surface area contributed by atoms with Crippen LogP contribution in [0.4, 0.5) is 5.69 Å². The zero-order valence-corrected chi connectivity index (χ0v) is 14.6. The molecule has 0 bridgehead atoms. The largest absolute Gasteiger partial charge is 0.328 e. The second-order valence-electron chi connectivity index (χ2n) is 5.80. The number of benzene rings is 1. The van der Waals surface area contributed by atoms with Gasteiger partial charge in [0.15, 0.2) is 0 Å². The molecule has 2 rings (SSSR count). The van der Waals surface area contributed by atoms with E-state index in [1.54, 1.807) is 0 Å². The van der Waals surface area contributed by atoms with Gasteiger partial charge >= 0.3 is 0 Å². The van der Waals surface area contributed by atoms with Crippen molar-refractivity contribution in [1.82, 2.24) is 4.31 Å². The zero-order chi connectivity index (χ0) is 16.3. The molecule has 23 heavy (non-hydrogen) atoms. The molecule has 1 saturated heterocycles. The molecule has 1 aromatic rings. The number of hydrogen-bond acceptors (Lipinski definition) is 5. The number of nitrogens with two attached hydrogens (primary N) is 1. The van der Waals surface area contributed by atoms with Gasteiger partial charge in [-0.05, 0) is 31.2 Å². The standard InChI is InChI=1S/C14H21N3O4S.ClH/c1-11(15)13-3-2-8-16(9-13)22(20,21)10-12-4-6-14(7-5-12)17(18)19;/h4-7,11,13H,2-3,8-10,15H2,1H3;1H. The van der Waals surface area contributed by atoms with Gasteiger partial charge in [-0.15, -0.1) is 12.4 Å². The summed E-state index contributed by atoms with van der Waals surface area (Å²) in [5, 5.41) is 10.6. The predicted octanol–water partition coefficient (Wildman–Crippen LogP) is 1.91. The summed E-state index contributed by atoms with van der Waals surface area (Å²) in [6.45, 7) is 2.86. The van der Waals surface area contributed by atoms with Crippen molar-refractivity contribution < 1.29 is 13.3 Å². The van der Waals surface area contributed by atoms with Gasteiger partial charge in [-0.2, -0.15) is 0 Å². The summed E-state index contributed by atoms with van der Waals surface area (Å²) >= 11 is 0. The van der Waals surface area contributed by atoms with Crippen LogP contribution in [0.3, 0.4) is 0 Å². The van der Waals surface area contributed by atoms with Crippen molar-refractivity contribution in [3.63, 3.8) is 0 Å². The lowest BCUT2D eigenvalue weighted by Crippen LogP contribution is -2.45. The van der Waals surface area contributed by atoms with E-state index in [1.165, 1.54) is 28.6 Å². The molecule has 1 heterocycles. The van der Waals surface area contributed by atoms with E-state index >= 15 is 0 Å². The van der Waals surface area contributed by atoms with E-state index in [9.17, 15) is 18.5 Å². The Bertz CT molecular complexity index is 634. The highest BCUT2D eigenvalue weighted by Gasteiger charge is 2.30. The average molecular weight is 364 g/mol. The summed E-state index contributed by atoms with van der Waals surface area (Å²) in [7, 11) is -3.43. The molecule has 0 saturated carbocycles. The molecule has 1 aliphatic rings. The van der Waals surface area contributed by atoms with Crippen molar-refractivity contribution >= 4 is 28.1 Å². The molecule has 2 atom stereocenters. The van der Waals surface area contributed by atoms with Crippen molar-refractivity contribution in [1.29, 1.82) is 0 Å². The fourth-order valence-corrected chi connectivity index (χ4v) is 4.29. The van der Waals surface area contributed by atoms with Gasteiger partial charge in [-0.3, -0.25) is 10.1 Å². The first-order valence-electron chi connectivity index (χ1n) is 7.26. The van der Waals surface area contributed by atoms with E-state index in [2.05, 4.69) is 0 Å². The van der Waals surface area contributed by atoms with Crippen LogP contribution < -0.4 is 5.73 Å². The van der Waals surface area contributed by atoms with E-state index < -0.39 is 14.9 Å². The topological polar surface area (TPSA) is 107 Å². The third kappa shape index (κ3) is 5.13. The maximum absolute atomic E-state index is 12.5. The molecule has 1 fully saturated rings. The van der Waals surface area contributed by atoms with Gasteiger partial charge in [-0.1, -0.05) is 12.1 Å². The summed E-state index contributed by atoms with van der Waals surface area (Å²) < 4.78 is 26.5. The molecule has 130 valence electrons. The van der Waals surface area contributed by atoms with Crippen LogP contribution in [0.2, 0.25) is 0 Å². The third-order valence-electron chi connectivity index (χ3n) is 4.05. The van der Waals surface area contributed by atoms with E-state index in [0.29, 0.717) is 18.7 Å². The molecule has 0 spiro atoms. The minimum absolute atomic E-state index is 0. The Labute approximate surface area is 142 Å². The molecule has 7 nitrogen and oxygen atoms in total. The van der Waals surface area contributed by atoms with Crippen molar-refractivity contribution in [3.05, 3.63) is 39.9 Å². The molecule has 1 aromatic carbocycles. The quantitative estimate of drug-likeness (QED) is 0.635. The number of hydrogen-bond donors (Lipinski definition) is 1. The van der Waals surface area contributed by atoms with Crippen molar-refractivity contribution in [3.8, 4) is 0 Å². The maximum Gasteiger partial charge on any atom is 0.269 e. The smallest absolute Gasteiger partial charge is 0.269 e. The molecule has 9 heteroatoms. The van der Waals surface area contributed by atoms with Crippen LogP contribution in [0.25, 0.3) is 0 Å². The Hall–Kier alpha value is -1.22. The Kier molecular flexibility index (Phi) is 6.94. The van der Waals surface area contributed by atoms with Crippen molar-refractivity contribution in [2.75, 3.05) is 13.1 Å². The summed E-state index contributed by atoms with van der Waals surface area (Å²) in [6.07, 6.45) is 1.76. The molecular formula is C14H22ClN3O4S. The van der Waals surface area contributed by atoms with Crippen LogP contribution in [-0.2, 0) is 15.8 Å². The number of non-ortho nitro benzene ring substituents is 1. The van der Waals surface area contributed by atoms with Gasteiger partial charge in [0.05, 0.1) is 10.7 Å². The van der Waals surface area contributed by atoms with Crippen LogP contribution in [0.5, 0.6) is 0 Å². The minimum Gasteiger partial charge on any atom is -0.328 e. The summed E-state index contributed by atoms with van der Waals surface area (Å²) in [6, 6.07) is 5.60. The number of nitro groups is 1. The normalized spacial score (nSPS) is 20.5. The first-order valence-corrected chi connectivity index (χ1v) is 8.87. The molecule has 0 radical (unpaired) electrons. The number of piperidine rings is 1. The molecule has 0 aliphatic carbocycles. The number of nitro benzene ring substituents is 1. The molecule has 0 aromatic heterocycles. The van der Waals surface area contributed by atoms with E-state index in [-0.39, 0.29) is 35.8 Å². The molecule has 2 N–H and O–H groups in total. The maximum atomic E-state index is 12.5. The minimum atomic E-state index is -3.43. The molecule has 1 aliphatic heterocycles. The lowest BCUT2D eigenvalue weighted by Gasteiger charge is -2.33. The Balaban J connectivity index is 0.00000264. The summed E-state index contributed by atoms with van der Waals surface area (Å²) in [5.41, 5.74) is 6.39. The fraction of sp³-hybridized carbons (Fsp3) is 0.571. The zero-order valence-electron chi connectivity index (χ0n) is 12.9. The highest BCUT2D eigenvalue weighted by Crippen LogP contribution is 2.23. The number of rotatable bonds is 5. The fourth-order valence-electron chi connectivity index (χ4n) is 2.67. The monoisotopic (exact) mass is 363 g/mol. The van der Waals surface area contributed by atoms with Gasteiger partial charge in [0, 0.05) is 31.3 Å². The van der Waals surface area contributed by atoms with Crippen LogP contribution in [0.1, 0.15) is 25.3 Å². The SMILES string of the molecule is CC(N)C1CCCN(S(=O)(=O)Cc2ccc([N+](=O)[O-])cc2)C1.Cl. The first kappa shape index (κ1) is 19.8. The lowest BCUT2D eigenvalue weighted by atomic mass is 9.93. The van der Waals surface area contributed by atoms with Crippen LogP contribution in [0, 0.1) is 16.0 Å². The lowest BCUT2D eigenvalue weighted by molar-refractivity contribution is -0.384. The Morgan fingerprint density at radius 2 is 2.00 bits per heavy atom. The molecule has 2 unspecified atom stereocenters. The third-order valence-corrected chi connectivity index (χ3v) is 5.87. The van der Waals surface area contributed by atoms with Crippen molar-refractivity contribution in [2.24, 2.45) is 11.7 Å².